The van der Waals surface area contributed by atoms with Gasteiger partial charge in [-0.05, 0) is 66.6 Å². The second-order valence-corrected chi connectivity index (χ2v) is 7.19. The molecule has 1 aliphatic rings. The molecule has 2 amide bonds. The Bertz CT molecular complexity index is 958. The van der Waals surface area contributed by atoms with E-state index in [1.807, 2.05) is 26.0 Å². The van der Waals surface area contributed by atoms with Crippen LogP contribution >= 0.6 is 11.8 Å². The molecule has 0 aromatic heterocycles. The summed E-state index contributed by atoms with van der Waals surface area (Å²) in [5, 5.41) is -0.322. The normalized spacial score (nSPS) is 15.3. The van der Waals surface area contributed by atoms with Crippen molar-refractivity contribution in [3.63, 3.8) is 0 Å². The van der Waals surface area contributed by atoms with Gasteiger partial charge in [0, 0.05) is 0 Å². The highest BCUT2D eigenvalue weighted by Gasteiger charge is 2.37. The Balaban J connectivity index is 2.02. The van der Waals surface area contributed by atoms with Crippen LogP contribution in [0.25, 0.3) is 6.08 Å². The molecule has 0 N–H and O–H groups in total. The van der Waals surface area contributed by atoms with Crippen LogP contribution in [0, 0.1) is 13.8 Å². The number of carbonyl (C=O) groups excluding carboxylic acids is 2. The van der Waals surface area contributed by atoms with E-state index in [9.17, 15) is 9.59 Å². The zero-order chi connectivity index (χ0) is 20.4. The van der Waals surface area contributed by atoms with E-state index in [1.165, 1.54) is 26.2 Å². The number of thioether (sulfide) groups is 1. The third-order valence-electron chi connectivity index (χ3n) is 4.60. The number of benzene rings is 2. The standard InChI is InChI=1S/C21H21NO5S/c1-12-7-6-8-15(13(12)2)22-20(23)18(28-21(22)24)11-14-9-16(25-3)19(27-5)17(10-14)26-4/h6-11H,1-5H3/b18-11-. The van der Waals surface area contributed by atoms with E-state index in [0.29, 0.717) is 33.4 Å². The molecule has 2 aromatic rings. The van der Waals surface area contributed by atoms with Gasteiger partial charge in [-0.1, -0.05) is 12.1 Å². The fraction of sp³-hybridized carbons (Fsp3) is 0.238. The largest absolute Gasteiger partial charge is 0.493 e. The highest BCUT2D eigenvalue weighted by molar-refractivity contribution is 8.19. The molecule has 0 spiro atoms. The number of imide groups is 1. The van der Waals surface area contributed by atoms with Crippen molar-refractivity contribution in [2.24, 2.45) is 0 Å². The average molecular weight is 399 g/mol. The van der Waals surface area contributed by atoms with Gasteiger partial charge in [0.25, 0.3) is 11.1 Å². The molecular weight excluding hydrogens is 378 g/mol. The predicted octanol–water partition coefficient (Wildman–Crippen LogP) is 4.57. The molecule has 0 bridgehead atoms. The van der Waals surface area contributed by atoms with E-state index >= 15 is 0 Å². The van der Waals surface area contributed by atoms with Crippen molar-refractivity contribution in [2.75, 3.05) is 26.2 Å². The summed E-state index contributed by atoms with van der Waals surface area (Å²) in [7, 11) is 4.57. The van der Waals surface area contributed by atoms with Crippen LogP contribution in [0.3, 0.4) is 0 Å². The molecule has 1 saturated heterocycles. The van der Waals surface area contributed by atoms with Gasteiger partial charge in [0.15, 0.2) is 11.5 Å². The van der Waals surface area contributed by atoms with Crippen molar-refractivity contribution in [1.82, 2.24) is 0 Å². The second kappa shape index (κ2) is 7.98. The molecule has 28 heavy (non-hydrogen) atoms. The smallest absolute Gasteiger partial charge is 0.298 e. The van der Waals surface area contributed by atoms with Crippen molar-refractivity contribution >= 4 is 34.7 Å². The Hall–Kier alpha value is -2.93. The van der Waals surface area contributed by atoms with Gasteiger partial charge in [-0.3, -0.25) is 9.59 Å². The summed E-state index contributed by atoms with van der Waals surface area (Å²) in [6.07, 6.45) is 1.65. The van der Waals surface area contributed by atoms with E-state index in [2.05, 4.69) is 0 Å². The minimum Gasteiger partial charge on any atom is -0.493 e. The first-order chi connectivity index (χ1) is 13.4. The Kier molecular flexibility index (Phi) is 5.65. The molecular formula is C21H21NO5S. The molecule has 3 rings (SSSR count). The first kappa shape index (κ1) is 19.8. The van der Waals surface area contributed by atoms with Crippen molar-refractivity contribution in [2.45, 2.75) is 13.8 Å². The van der Waals surface area contributed by atoms with Crippen LogP contribution < -0.4 is 19.1 Å². The topological polar surface area (TPSA) is 65.1 Å². The fourth-order valence-electron chi connectivity index (χ4n) is 2.99. The number of rotatable bonds is 5. The molecule has 0 unspecified atom stereocenters. The van der Waals surface area contributed by atoms with Gasteiger partial charge >= 0.3 is 0 Å². The van der Waals surface area contributed by atoms with Gasteiger partial charge in [0.1, 0.15) is 0 Å². The maximum absolute atomic E-state index is 12.9. The molecule has 0 radical (unpaired) electrons. The number of ether oxygens (including phenoxy) is 3. The van der Waals surface area contributed by atoms with Gasteiger partial charge in [0.2, 0.25) is 5.75 Å². The third kappa shape index (κ3) is 3.45. The number of aryl methyl sites for hydroxylation is 1. The van der Waals surface area contributed by atoms with Gasteiger partial charge in [-0.25, -0.2) is 4.90 Å². The number of anilines is 1. The zero-order valence-electron chi connectivity index (χ0n) is 16.4. The van der Waals surface area contributed by atoms with Crippen LogP contribution in [0.2, 0.25) is 0 Å². The summed E-state index contributed by atoms with van der Waals surface area (Å²) in [4.78, 5) is 27.1. The van der Waals surface area contributed by atoms with Gasteiger partial charge in [0.05, 0.1) is 31.9 Å². The number of methoxy groups -OCH3 is 3. The Morgan fingerprint density at radius 2 is 1.61 bits per heavy atom. The Morgan fingerprint density at radius 3 is 2.18 bits per heavy atom. The van der Waals surface area contributed by atoms with Crippen LogP contribution in [0.1, 0.15) is 16.7 Å². The monoisotopic (exact) mass is 399 g/mol. The summed E-state index contributed by atoms with van der Waals surface area (Å²) >= 11 is 0.909. The summed E-state index contributed by atoms with van der Waals surface area (Å²) < 4.78 is 16.0. The second-order valence-electron chi connectivity index (χ2n) is 6.19. The van der Waals surface area contributed by atoms with Gasteiger partial charge in [-0.15, -0.1) is 0 Å². The lowest BCUT2D eigenvalue weighted by molar-refractivity contribution is -0.113. The van der Waals surface area contributed by atoms with Gasteiger partial charge in [-0.2, -0.15) is 0 Å². The van der Waals surface area contributed by atoms with Crippen molar-refractivity contribution < 1.29 is 23.8 Å². The summed E-state index contributed by atoms with van der Waals surface area (Å²) in [6.45, 7) is 3.85. The number of hydrogen-bond donors (Lipinski definition) is 0. The molecule has 0 saturated carbocycles. The molecule has 0 aliphatic carbocycles. The maximum Gasteiger partial charge on any atom is 0.298 e. The SMILES string of the molecule is COc1cc(/C=C2\SC(=O)N(c3cccc(C)c3C)C2=O)cc(OC)c1OC. The van der Waals surface area contributed by atoms with Crippen LogP contribution in [-0.2, 0) is 4.79 Å². The molecule has 1 aliphatic heterocycles. The maximum atomic E-state index is 12.9. The van der Waals surface area contributed by atoms with Crippen molar-refractivity contribution in [1.29, 1.82) is 0 Å². The minimum absolute atomic E-state index is 0.322. The lowest BCUT2D eigenvalue weighted by atomic mass is 10.1. The molecule has 7 heteroatoms. The zero-order valence-corrected chi connectivity index (χ0v) is 17.2. The minimum atomic E-state index is -0.350. The van der Waals surface area contributed by atoms with Crippen LogP contribution in [0.15, 0.2) is 35.2 Å². The Labute approximate surface area is 168 Å². The molecule has 0 atom stereocenters. The fourth-order valence-corrected chi connectivity index (χ4v) is 3.82. The van der Waals surface area contributed by atoms with E-state index in [1.54, 1.807) is 24.3 Å². The number of carbonyl (C=O) groups is 2. The van der Waals surface area contributed by atoms with Crippen LogP contribution in [0.5, 0.6) is 17.2 Å². The Morgan fingerprint density at radius 1 is 0.964 bits per heavy atom. The molecule has 6 nitrogen and oxygen atoms in total. The van der Waals surface area contributed by atoms with Crippen LogP contribution in [-0.4, -0.2) is 32.5 Å². The number of amides is 2. The first-order valence-corrected chi connectivity index (χ1v) is 9.37. The highest BCUT2D eigenvalue weighted by atomic mass is 32.2. The lowest BCUT2D eigenvalue weighted by Gasteiger charge is -2.16. The predicted molar refractivity (Wildman–Crippen MR) is 110 cm³/mol. The highest BCUT2D eigenvalue weighted by Crippen LogP contribution is 2.41. The van der Waals surface area contributed by atoms with E-state index in [-0.39, 0.29) is 11.1 Å². The molecule has 146 valence electrons. The van der Waals surface area contributed by atoms with Gasteiger partial charge < -0.3 is 14.2 Å². The summed E-state index contributed by atoms with van der Waals surface area (Å²) in [5.74, 6) is 1.06. The first-order valence-electron chi connectivity index (χ1n) is 8.55. The quantitative estimate of drug-likeness (QED) is 0.686. The summed E-state index contributed by atoms with van der Waals surface area (Å²) in [5.41, 5.74) is 3.20. The van der Waals surface area contributed by atoms with Crippen molar-refractivity contribution in [3.8, 4) is 17.2 Å². The summed E-state index contributed by atoms with van der Waals surface area (Å²) in [6, 6.07) is 9.02. The average Bonchev–Trinajstić information content (AvgIpc) is 2.96. The number of nitrogens with zero attached hydrogens (tertiary/aromatic N) is 1. The third-order valence-corrected chi connectivity index (χ3v) is 5.47. The lowest BCUT2D eigenvalue weighted by Crippen LogP contribution is -2.28. The molecule has 1 heterocycles. The van der Waals surface area contributed by atoms with Crippen LogP contribution in [0.4, 0.5) is 10.5 Å². The van der Waals surface area contributed by atoms with Crippen molar-refractivity contribution in [3.05, 3.63) is 51.9 Å². The van der Waals surface area contributed by atoms with E-state index in [4.69, 9.17) is 14.2 Å². The molecule has 1 fully saturated rings. The van der Waals surface area contributed by atoms with E-state index in [0.717, 1.165) is 22.9 Å². The number of hydrogen-bond acceptors (Lipinski definition) is 6. The van der Waals surface area contributed by atoms with E-state index < -0.39 is 0 Å². The molecule has 2 aromatic carbocycles.